The number of benzene rings is 1. The Hall–Kier alpha value is -2.98. The van der Waals surface area contributed by atoms with E-state index in [-0.39, 0.29) is 10.5 Å². The van der Waals surface area contributed by atoms with Crippen LogP contribution in [0.1, 0.15) is 29.0 Å². The molecule has 28 heavy (non-hydrogen) atoms. The van der Waals surface area contributed by atoms with E-state index in [1.54, 1.807) is 19.1 Å². The van der Waals surface area contributed by atoms with E-state index >= 15 is 0 Å². The van der Waals surface area contributed by atoms with Crippen LogP contribution in [0.25, 0.3) is 5.82 Å². The van der Waals surface area contributed by atoms with Gasteiger partial charge in [-0.25, -0.2) is 18.4 Å². The van der Waals surface area contributed by atoms with E-state index in [1.807, 2.05) is 0 Å². The number of nitrogens with two attached hydrogens (primary N) is 2. The Labute approximate surface area is 166 Å². The Kier molecular flexibility index (Phi) is 5.34. The van der Waals surface area contributed by atoms with Crippen molar-refractivity contribution >= 4 is 33.0 Å². The van der Waals surface area contributed by atoms with Gasteiger partial charge in [0.15, 0.2) is 15.7 Å². The van der Waals surface area contributed by atoms with Crippen LogP contribution in [0.15, 0.2) is 53.8 Å². The number of hydrogen-bond donors (Lipinski definition) is 2. The summed E-state index contributed by atoms with van der Waals surface area (Å²) in [5.74, 6) is -0.742. The molecule has 1 amide bonds. The van der Waals surface area contributed by atoms with Crippen molar-refractivity contribution in [1.82, 2.24) is 19.7 Å². The average Bonchev–Trinajstić information content (AvgIpc) is 3.17. The van der Waals surface area contributed by atoms with Crippen LogP contribution < -0.4 is 11.5 Å². The Bertz CT molecular complexity index is 1110. The number of rotatable bonds is 6. The van der Waals surface area contributed by atoms with Crippen LogP contribution in [0.4, 0.5) is 5.69 Å². The van der Waals surface area contributed by atoms with Gasteiger partial charge in [0.25, 0.3) is 0 Å². The fraction of sp³-hybridized carbons (Fsp3) is 0.176. The summed E-state index contributed by atoms with van der Waals surface area (Å²) < 4.78 is 26.0. The van der Waals surface area contributed by atoms with Crippen LogP contribution in [0, 0.1) is 0 Å². The molecule has 0 radical (unpaired) electrons. The first kappa shape index (κ1) is 19.8. The van der Waals surface area contributed by atoms with Crippen molar-refractivity contribution < 1.29 is 13.2 Å². The van der Waals surface area contributed by atoms with Crippen LogP contribution in [0.3, 0.4) is 0 Å². The normalized spacial score (nSPS) is 13.8. The molecule has 3 aromatic rings. The fourth-order valence-corrected chi connectivity index (χ4v) is 4.50. The molecule has 1 aromatic carbocycles. The van der Waals surface area contributed by atoms with Crippen molar-refractivity contribution in [3.63, 3.8) is 0 Å². The van der Waals surface area contributed by atoms with E-state index in [0.29, 0.717) is 17.3 Å². The number of sulfone groups is 1. The van der Waals surface area contributed by atoms with Crippen molar-refractivity contribution in [1.29, 1.82) is 0 Å². The standard InChI is InChI=1S/C17H17ClN6O3S/c1-10(17-22-9-23-24(17)14-6-5-12(19)8-21-14)15(18)28(26,27)13-4-2-3-11(7-13)16(20)25/h2-10,15H,19H2,1H3,(H2,20,25)/t10-,15?/m1/s1. The van der Waals surface area contributed by atoms with Crippen molar-refractivity contribution in [2.75, 3.05) is 5.73 Å². The third-order valence-corrected chi connectivity index (χ3v) is 7.10. The van der Waals surface area contributed by atoms with Gasteiger partial charge in [0.1, 0.15) is 16.9 Å². The number of anilines is 1. The molecule has 0 bridgehead atoms. The van der Waals surface area contributed by atoms with E-state index in [2.05, 4.69) is 15.1 Å². The van der Waals surface area contributed by atoms with Crippen LogP contribution in [0.2, 0.25) is 0 Å². The maximum Gasteiger partial charge on any atom is 0.248 e. The number of halogens is 1. The van der Waals surface area contributed by atoms with Gasteiger partial charge >= 0.3 is 0 Å². The second kappa shape index (κ2) is 7.56. The van der Waals surface area contributed by atoms with E-state index in [9.17, 15) is 13.2 Å². The molecule has 0 saturated carbocycles. The number of nitrogens with zero attached hydrogens (tertiary/aromatic N) is 4. The molecule has 1 unspecified atom stereocenters. The Morgan fingerprint density at radius 2 is 1.96 bits per heavy atom. The highest BCUT2D eigenvalue weighted by molar-refractivity contribution is 7.93. The molecule has 146 valence electrons. The molecule has 0 aliphatic carbocycles. The zero-order chi connectivity index (χ0) is 20.5. The van der Waals surface area contributed by atoms with Crippen LogP contribution in [0.5, 0.6) is 0 Å². The first-order chi connectivity index (χ1) is 13.2. The van der Waals surface area contributed by atoms with Crippen molar-refractivity contribution in [2.45, 2.75) is 22.4 Å². The number of carbonyl (C=O) groups is 1. The fourth-order valence-electron chi connectivity index (χ4n) is 2.60. The number of hydrogen-bond acceptors (Lipinski definition) is 7. The van der Waals surface area contributed by atoms with Gasteiger partial charge in [-0.3, -0.25) is 4.79 Å². The molecule has 3 rings (SSSR count). The Morgan fingerprint density at radius 1 is 1.21 bits per heavy atom. The van der Waals surface area contributed by atoms with Crippen LogP contribution >= 0.6 is 11.6 Å². The number of carbonyl (C=O) groups excluding carboxylic acids is 1. The quantitative estimate of drug-likeness (QED) is 0.574. The summed E-state index contributed by atoms with van der Waals surface area (Å²) in [4.78, 5) is 19.6. The lowest BCUT2D eigenvalue weighted by Crippen LogP contribution is -2.25. The minimum atomic E-state index is -3.99. The van der Waals surface area contributed by atoms with E-state index in [4.69, 9.17) is 23.1 Å². The molecule has 0 aliphatic heterocycles. The van der Waals surface area contributed by atoms with Crippen molar-refractivity contribution in [3.05, 3.63) is 60.3 Å². The second-order valence-electron chi connectivity index (χ2n) is 6.06. The van der Waals surface area contributed by atoms with Gasteiger partial charge in [0.05, 0.1) is 16.8 Å². The lowest BCUT2D eigenvalue weighted by atomic mass is 10.2. The summed E-state index contributed by atoms with van der Waals surface area (Å²) in [6.07, 6.45) is 2.74. The molecular formula is C17H17ClN6O3S. The van der Waals surface area contributed by atoms with Gasteiger partial charge in [-0.15, -0.1) is 11.6 Å². The highest BCUT2D eigenvalue weighted by Gasteiger charge is 2.34. The van der Waals surface area contributed by atoms with Crippen LogP contribution in [-0.4, -0.2) is 38.8 Å². The topological polar surface area (TPSA) is 147 Å². The molecule has 9 nitrogen and oxygen atoms in total. The molecular weight excluding hydrogens is 404 g/mol. The first-order valence-corrected chi connectivity index (χ1v) is 10.1. The third-order valence-electron chi connectivity index (χ3n) is 4.11. The molecule has 2 heterocycles. The molecule has 11 heteroatoms. The third kappa shape index (κ3) is 3.69. The molecule has 2 atom stereocenters. The van der Waals surface area contributed by atoms with Gasteiger partial charge in [0, 0.05) is 11.5 Å². The molecule has 0 aliphatic rings. The summed E-state index contributed by atoms with van der Waals surface area (Å²) in [7, 11) is -3.99. The molecule has 0 saturated heterocycles. The van der Waals surface area contributed by atoms with E-state index in [1.165, 1.54) is 41.5 Å². The van der Waals surface area contributed by atoms with Crippen molar-refractivity contribution in [3.8, 4) is 5.82 Å². The number of aromatic nitrogens is 4. The number of primary amides is 1. The predicted octanol–water partition coefficient (Wildman–Crippen LogP) is 1.49. The predicted molar refractivity (Wildman–Crippen MR) is 104 cm³/mol. The molecule has 0 fully saturated rings. The van der Waals surface area contributed by atoms with Gasteiger partial charge in [-0.1, -0.05) is 13.0 Å². The summed E-state index contributed by atoms with van der Waals surface area (Å²) in [6, 6.07) is 8.69. The average molecular weight is 421 g/mol. The maximum atomic E-state index is 13.0. The number of amides is 1. The monoisotopic (exact) mass is 420 g/mol. The highest BCUT2D eigenvalue weighted by Crippen LogP contribution is 2.31. The minimum Gasteiger partial charge on any atom is -0.397 e. The largest absolute Gasteiger partial charge is 0.397 e. The number of pyridine rings is 1. The summed E-state index contributed by atoms with van der Waals surface area (Å²) in [6.45, 7) is 1.62. The number of nitrogen functional groups attached to an aromatic ring is 1. The van der Waals surface area contributed by atoms with E-state index in [0.717, 1.165) is 0 Å². The zero-order valence-electron chi connectivity index (χ0n) is 14.7. The number of alkyl halides is 1. The Morgan fingerprint density at radius 3 is 2.61 bits per heavy atom. The highest BCUT2D eigenvalue weighted by atomic mass is 35.5. The van der Waals surface area contributed by atoms with Gasteiger partial charge < -0.3 is 11.5 Å². The van der Waals surface area contributed by atoms with E-state index < -0.39 is 26.4 Å². The van der Waals surface area contributed by atoms with Gasteiger partial charge in [-0.05, 0) is 30.3 Å². The smallest absolute Gasteiger partial charge is 0.248 e. The minimum absolute atomic E-state index is 0.0758. The summed E-state index contributed by atoms with van der Waals surface area (Å²) in [5.41, 5.74) is 11.4. The maximum absolute atomic E-state index is 13.0. The summed E-state index contributed by atoms with van der Waals surface area (Å²) >= 11 is 6.34. The lowest BCUT2D eigenvalue weighted by Gasteiger charge is -2.18. The molecule has 2 aromatic heterocycles. The second-order valence-corrected chi connectivity index (χ2v) is 8.85. The molecule has 0 spiro atoms. The lowest BCUT2D eigenvalue weighted by molar-refractivity contribution is 0.1000. The Balaban J connectivity index is 1.96. The zero-order valence-corrected chi connectivity index (χ0v) is 16.3. The SMILES string of the molecule is C[C@@H](c1ncnn1-c1ccc(N)cn1)C(Cl)S(=O)(=O)c1cccc(C(N)=O)c1. The summed E-state index contributed by atoms with van der Waals surface area (Å²) in [5, 5.41) is 4.10. The molecule has 4 N–H and O–H groups in total. The first-order valence-electron chi connectivity index (χ1n) is 8.11. The van der Waals surface area contributed by atoms with Gasteiger partial charge in [0.2, 0.25) is 5.91 Å². The van der Waals surface area contributed by atoms with Crippen LogP contribution in [-0.2, 0) is 9.84 Å². The van der Waals surface area contributed by atoms with Crippen molar-refractivity contribution in [2.24, 2.45) is 5.73 Å². The van der Waals surface area contributed by atoms with Gasteiger partial charge in [-0.2, -0.15) is 9.78 Å².